The number of nitrogens with zero attached hydrogens (tertiary/aromatic N) is 3. The van der Waals surface area contributed by atoms with Crippen LogP contribution in [0.1, 0.15) is 32.8 Å². The molecular weight excluding hydrogens is 396 g/mol. The molecule has 1 aromatic rings. The van der Waals surface area contributed by atoms with Crippen molar-refractivity contribution in [2.24, 2.45) is 5.73 Å². The van der Waals surface area contributed by atoms with Gasteiger partial charge in [0.2, 0.25) is 5.75 Å². The van der Waals surface area contributed by atoms with E-state index in [1.807, 2.05) is 0 Å². The van der Waals surface area contributed by atoms with E-state index in [0.29, 0.717) is 19.5 Å². The smallest absolute Gasteiger partial charge is 0.499 e. The van der Waals surface area contributed by atoms with Crippen molar-refractivity contribution in [3.05, 3.63) is 33.4 Å². The van der Waals surface area contributed by atoms with E-state index in [1.165, 1.54) is 4.90 Å². The molecule has 0 aliphatic heterocycles. The van der Waals surface area contributed by atoms with Gasteiger partial charge in [-0.25, -0.2) is 4.79 Å². The Morgan fingerprint density at radius 2 is 2.00 bits per heavy atom. The molecule has 0 fully saturated rings. The molecule has 0 saturated heterocycles. The molecule has 11 nitrogen and oxygen atoms in total. The standard InChI is InChI=1S/C19H24N4O7/c1-4-14(21)11-29-19(26)30-16-9-12(8-15(17(16)24)23(27)28)7-13(10-20)18(25)22(5-2)6-3/h7-9,14,24H,4-6,11,21H2,1-3H3. The summed E-state index contributed by atoms with van der Waals surface area (Å²) in [5.41, 5.74) is 4.59. The third kappa shape index (κ3) is 6.46. The van der Waals surface area contributed by atoms with E-state index in [9.17, 15) is 30.1 Å². The maximum absolute atomic E-state index is 12.4. The van der Waals surface area contributed by atoms with E-state index < -0.39 is 40.2 Å². The van der Waals surface area contributed by atoms with Gasteiger partial charge in [-0.1, -0.05) is 6.92 Å². The number of likely N-dealkylation sites (N-methyl/N-ethyl adjacent to an activating group) is 1. The second kappa shape index (κ2) is 11.4. The lowest BCUT2D eigenvalue weighted by atomic mass is 10.1. The van der Waals surface area contributed by atoms with Crippen LogP contribution in [0.4, 0.5) is 10.5 Å². The van der Waals surface area contributed by atoms with Crippen LogP contribution in [0, 0.1) is 21.4 Å². The summed E-state index contributed by atoms with van der Waals surface area (Å²) in [5, 5.41) is 30.6. The van der Waals surface area contributed by atoms with Gasteiger partial charge in [0.25, 0.3) is 5.91 Å². The topological polar surface area (TPSA) is 169 Å². The van der Waals surface area contributed by atoms with Crippen molar-refractivity contribution >= 4 is 23.8 Å². The summed E-state index contributed by atoms with van der Waals surface area (Å²) in [5.74, 6) is -2.02. The minimum absolute atomic E-state index is 0.00427. The van der Waals surface area contributed by atoms with E-state index in [4.69, 9.17) is 15.2 Å². The van der Waals surface area contributed by atoms with Gasteiger partial charge in [0.1, 0.15) is 18.2 Å². The highest BCUT2D eigenvalue weighted by Crippen LogP contribution is 2.38. The Kier molecular flexibility index (Phi) is 9.25. The van der Waals surface area contributed by atoms with Gasteiger partial charge >= 0.3 is 11.8 Å². The van der Waals surface area contributed by atoms with Gasteiger partial charge in [-0.2, -0.15) is 5.26 Å². The van der Waals surface area contributed by atoms with Crippen LogP contribution in [0.5, 0.6) is 11.5 Å². The number of aromatic hydroxyl groups is 1. The Morgan fingerprint density at radius 3 is 2.50 bits per heavy atom. The molecule has 0 spiro atoms. The van der Waals surface area contributed by atoms with Crippen LogP contribution in [0.25, 0.3) is 6.08 Å². The SMILES string of the molecule is CCC(N)COC(=O)Oc1cc(C=C(C#N)C(=O)N(CC)CC)cc([N+](=O)[O-])c1O. The molecule has 162 valence electrons. The highest BCUT2D eigenvalue weighted by atomic mass is 16.7. The number of phenols is 1. The van der Waals surface area contributed by atoms with Gasteiger partial charge < -0.3 is 25.2 Å². The average molecular weight is 420 g/mol. The molecule has 0 heterocycles. The fourth-order valence-electron chi connectivity index (χ4n) is 2.32. The molecule has 11 heteroatoms. The number of nitriles is 1. The summed E-state index contributed by atoms with van der Waals surface area (Å²) in [6.45, 7) is 5.85. The first kappa shape index (κ1) is 24.4. The molecule has 0 radical (unpaired) electrons. The Bertz CT molecular complexity index is 872. The molecule has 0 saturated carbocycles. The van der Waals surface area contributed by atoms with Gasteiger partial charge in [-0.15, -0.1) is 0 Å². The average Bonchev–Trinajstić information content (AvgIpc) is 2.72. The fourth-order valence-corrected chi connectivity index (χ4v) is 2.32. The normalized spacial score (nSPS) is 11.9. The molecule has 0 aliphatic rings. The number of nitro groups is 1. The third-order valence-electron chi connectivity index (χ3n) is 4.12. The van der Waals surface area contributed by atoms with Gasteiger partial charge in [-0.3, -0.25) is 14.9 Å². The van der Waals surface area contributed by atoms with Crippen LogP contribution in [0.2, 0.25) is 0 Å². The minimum atomic E-state index is -1.22. The summed E-state index contributed by atoms with van der Waals surface area (Å²) in [7, 11) is 0. The van der Waals surface area contributed by atoms with Crippen molar-refractivity contribution < 1.29 is 29.1 Å². The summed E-state index contributed by atoms with van der Waals surface area (Å²) in [6, 6.07) is 3.37. The van der Waals surface area contributed by atoms with Crippen molar-refractivity contribution in [1.82, 2.24) is 4.90 Å². The monoisotopic (exact) mass is 420 g/mol. The zero-order valence-corrected chi connectivity index (χ0v) is 17.0. The summed E-state index contributed by atoms with van der Waals surface area (Å²) in [6.07, 6.45) is 0.435. The number of nitrogens with two attached hydrogens (primary N) is 1. The number of hydrogen-bond donors (Lipinski definition) is 2. The number of benzene rings is 1. The first-order chi connectivity index (χ1) is 14.2. The van der Waals surface area contributed by atoms with E-state index in [1.54, 1.807) is 26.8 Å². The Hall–Kier alpha value is -3.65. The van der Waals surface area contributed by atoms with Crippen LogP contribution < -0.4 is 10.5 Å². The molecule has 1 amide bonds. The van der Waals surface area contributed by atoms with E-state index in [0.717, 1.165) is 18.2 Å². The molecule has 0 bridgehead atoms. The van der Waals surface area contributed by atoms with Crippen molar-refractivity contribution in [2.75, 3.05) is 19.7 Å². The van der Waals surface area contributed by atoms with E-state index in [2.05, 4.69) is 0 Å². The number of rotatable bonds is 9. The van der Waals surface area contributed by atoms with Gasteiger partial charge in [-0.05, 0) is 38.0 Å². The molecule has 0 aromatic heterocycles. The molecule has 1 rings (SSSR count). The molecular formula is C19H24N4O7. The number of hydrogen-bond acceptors (Lipinski definition) is 9. The molecule has 0 aliphatic carbocycles. The Morgan fingerprint density at radius 1 is 1.37 bits per heavy atom. The summed E-state index contributed by atoms with van der Waals surface area (Å²) >= 11 is 0. The largest absolute Gasteiger partial charge is 0.514 e. The number of phenolic OH excluding ortho intramolecular Hbond substituents is 1. The number of nitro benzene ring substituents is 1. The van der Waals surface area contributed by atoms with Crippen LogP contribution in [0.3, 0.4) is 0 Å². The minimum Gasteiger partial charge on any atom is -0.499 e. The molecule has 3 N–H and O–H groups in total. The Balaban J connectivity index is 3.31. The van der Waals surface area contributed by atoms with Gasteiger partial charge in [0.15, 0.2) is 5.75 Å². The zero-order valence-electron chi connectivity index (χ0n) is 17.0. The van der Waals surface area contributed by atoms with Crippen LogP contribution in [-0.4, -0.2) is 52.7 Å². The predicted molar refractivity (Wildman–Crippen MR) is 107 cm³/mol. The van der Waals surface area contributed by atoms with Crippen LogP contribution in [-0.2, 0) is 9.53 Å². The highest BCUT2D eigenvalue weighted by Gasteiger charge is 2.23. The Labute approximate surface area is 173 Å². The lowest BCUT2D eigenvalue weighted by Gasteiger charge is -2.17. The van der Waals surface area contributed by atoms with E-state index in [-0.39, 0.29) is 17.7 Å². The lowest BCUT2D eigenvalue weighted by molar-refractivity contribution is -0.385. The predicted octanol–water partition coefficient (Wildman–Crippen LogP) is 2.33. The third-order valence-corrected chi connectivity index (χ3v) is 4.12. The number of carbonyl (C=O) groups excluding carboxylic acids is 2. The molecule has 1 aromatic carbocycles. The van der Waals surface area contributed by atoms with Gasteiger partial charge in [0.05, 0.1) is 4.92 Å². The quantitative estimate of drug-likeness (QED) is 0.152. The first-order valence-electron chi connectivity index (χ1n) is 9.20. The zero-order chi connectivity index (χ0) is 22.8. The van der Waals surface area contributed by atoms with Crippen molar-refractivity contribution in [1.29, 1.82) is 5.26 Å². The van der Waals surface area contributed by atoms with Crippen LogP contribution >= 0.6 is 0 Å². The second-order valence-electron chi connectivity index (χ2n) is 6.12. The fraction of sp³-hybridized carbons (Fsp3) is 0.421. The summed E-state index contributed by atoms with van der Waals surface area (Å²) in [4.78, 5) is 36.0. The number of carbonyl (C=O) groups is 2. The van der Waals surface area contributed by atoms with Crippen LogP contribution in [0.15, 0.2) is 17.7 Å². The van der Waals surface area contributed by atoms with Crippen molar-refractivity contribution in [2.45, 2.75) is 33.2 Å². The van der Waals surface area contributed by atoms with Gasteiger partial charge in [0, 0.05) is 25.2 Å². The molecule has 1 atom stereocenters. The first-order valence-corrected chi connectivity index (χ1v) is 9.20. The summed E-state index contributed by atoms with van der Waals surface area (Å²) < 4.78 is 9.66. The van der Waals surface area contributed by atoms with E-state index >= 15 is 0 Å². The maximum Gasteiger partial charge on any atom is 0.514 e. The second-order valence-corrected chi connectivity index (χ2v) is 6.12. The maximum atomic E-state index is 12.4. The lowest BCUT2D eigenvalue weighted by Crippen LogP contribution is -2.31. The number of amides is 1. The highest BCUT2D eigenvalue weighted by molar-refractivity contribution is 6.01. The molecule has 30 heavy (non-hydrogen) atoms. The number of ether oxygens (including phenoxy) is 2. The van der Waals surface area contributed by atoms with Crippen molar-refractivity contribution in [3.8, 4) is 17.6 Å². The molecule has 1 unspecified atom stereocenters. The van der Waals surface area contributed by atoms with Crippen molar-refractivity contribution in [3.63, 3.8) is 0 Å².